The Morgan fingerprint density at radius 2 is 1.81 bits per heavy atom. The van der Waals surface area contributed by atoms with E-state index in [-0.39, 0.29) is 17.8 Å². The number of amides is 1. The van der Waals surface area contributed by atoms with E-state index in [0.29, 0.717) is 12.1 Å². The molecule has 2 aromatic carbocycles. The van der Waals surface area contributed by atoms with E-state index in [4.69, 9.17) is 4.74 Å². The summed E-state index contributed by atoms with van der Waals surface area (Å²) < 4.78 is 20.3. The standard InChI is InChI=1S/C22H24FNO2/c1-2-15-24-21(25)19-9-5-6-10-20(19)22(24,26-18-7-3-4-8-18)16-11-13-17(23)14-12-16/h5-6,9-14,18H,2-4,7-8,15H2,1H3. The lowest BCUT2D eigenvalue weighted by molar-refractivity contribution is -0.142. The molecule has 1 unspecified atom stereocenters. The van der Waals surface area contributed by atoms with Gasteiger partial charge in [-0.2, -0.15) is 0 Å². The highest BCUT2D eigenvalue weighted by molar-refractivity contribution is 6.00. The summed E-state index contributed by atoms with van der Waals surface area (Å²) in [5.74, 6) is -0.297. The van der Waals surface area contributed by atoms with Crippen LogP contribution in [0.15, 0.2) is 48.5 Å². The first-order chi connectivity index (χ1) is 12.7. The first-order valence-corrected chi connectivity index (χ1v) is 9.52. The number of carbonyl (C=O) groups is 1. The maximum atomic E-state index is 13.6. The van der Waals surface area contributed by atoms with Gasteiger partial charge >= 0.3 is 0 Å². The minimum absolute atomic E-state index is 0.00947. The molecule has 0 aromatic heterocycles. The van der Waals surface area contributed by atoms with Crippen LogP contribution in [0, 0.1) is 5.82 Å². The monoisotopic (exact) mass is 353 g/mol. The normalized spacial score (nSPS) is 22.8. The van der Waals surface area contributed by atoms with E-state index in [9.17, 15) is 9.18 Å². The van der Waals surface area contributed by atoms with Crippen LogP contribution in [0.25, 0.3) is 0 Å². The highest BCUT2D eigenvalue weighted by Crippen LogP contribution is 2.47. The fraction of sp³-hybridized carbons (Fsp3) is 0.409. The van der Waals surface area contributed by atoms with Crippen molar-refractivity contribution in [3.8, 4) is 0 Å². The predicted molar refractivity (Wildman–Crippen MR) is 98.3 cm³/mol. The minimum atomic E-state index is -0.966. The summed E-state index contributed by atoms with van der Waals surface area (Å²) in [5.41, 5.74) is 1.41. The Morgan fingerprint density at radius 1 is 1.12 bits per heavy atom. The highest BCUT2D eigenvalue weighted by Gasteiger charge is 2.52. The van der Waals surface area contributed by atoms with E-state index < -0.39 is 5.72 Å². The van der Waals surface area contributed by atoms with Crippen LogP contribution in [0.5, 0.6) is 0 Å². The fourth-order valence-corrected chi connectivity index (χ4v) is 4.31. The molecule has 1 amide bonds. The molecule has 0 spiro atoms. The van der Waals surface area contributed by atoms with E-state index in [0.717, 1.165) is 43.2 Å². The Bertz CT molecular complexity index is 798. The van der Waals surface area contributed by atoms with E-state index in [1.807, 2.05) is 29.2 Å². The summed E-state index contributed by atoms with van der Waals surface area (Å²) >= 11 is 0. The van der Waals surface area contributed by atoms with E-state index in [2.05, 4.69) is 6.92 Å². The average Bonchev–Trinajstić information content (AvgIpc) is 3.25. The number of carbonyl (C=O) groups excluding carboxylic acids is 1. The molecule has 2 aromatic rings. The van der Waals surface area contributed by atoms with Crippen molar-refractivity contribution in [2.75, 3.05) is 6.54 Å². The zero-order valence-electron chi connectivity index (χ0n) is 15.1. The van der Waals surface area contributed by atoms with Crippen molar-refractivity contribution in [1.82, 2.24) is 4.90 Å². The number of ether oxygens (including phenoxy) is 1. The molecule has 26 heavy (non-hydrogen) atoms. The van der Waals surface area contributed by atoms with Gasteiger partial charge in [-0.25, -0.2) is 4.39 Å². The van der Waals surface area contributed by atoms with Crippen molar-refractivity contribution < 1.29 is 13.9 Å². The Labute approximate surface area is 153 Å². The van der Waals surface area contributed by atoms with Crippen LogP contribution >= 0.6 is 0 Å². The van der Waals surface area contributed by atoms with Gasteiger partial charge in [-0.1, -0.05) is 50.1 Å². The maximum Gasteiger partial charge on any atom is 0.257 e. The van der Waals surface area contributed by atoms with Crippen LogP contribution in [0.3, 0.4) is 0 Å². The third kappa shape index (κ3) is 2.64. The van der Waals surface area contributed by atoms with Crippen molar-refractivity contribution in [1.29, 1.82) is 0 Å². The number of fused-ring (bicyclic) bond motifs is 1. The molecule has 3 nitrogen and oxygen atoms in total. The molecule has 1 atom stereocenters. The van der Waals surface area contributed by atoms with Gasteiger partial charge in [0.25, 0.3) is 5.91 Å². The number of rotatable bonds is 5. The number of hydrogen-bond donors (Lipinski definition) is 0. The van der Waals surface area contributed by atoms with Gasteiger partial charge in [0.05, 0.1) is 6.10 Å². The molecule has 136 valence electrons. The molecule has 2 aliphatic rings. The molecule has 1 heterocycles. The van der Waals surface area contributed by atoms with Crippen LogP contribution in [0.2, 0.25) is 0 Å². The van der Waals surface area contributed by atoms with Crippen molar-refractivity contribution in [3.63, 3.8) is 0 Å². The highest BCUT2D eigenvalue weighted by atomic mass is 19.1. The second-order valence-electron chi connectivity index (χ2n) is 7.18. The number of benzene rings is 2. The Morgan fingerprint density at radius 3 is 2.50 bits per heavy atom. The van der Waals surface area contributed by atoms with Gasteiger partial charge < -0.3 is 9.64 Å². The zero-order chi connectivity index (χ0) is 18.1. The molecule has 0 radical (unpaired) electrons. The van der Waals surface area contributed by atoms with Gasteiger partial charge in [0.1, 0.15) is 5.82 Å². The lowest BCUT2D eigenvalue weighted by Crippen LogP contribution is -2.49. The fourth-order valence-electron chi connectivity index (χ4n) is 4.31. The Balaban J connectivity index is 1.91. The van der Waals surface area contributed by atoms with E-state index in [1.54, 1.807) is 12.1 Å². The molecule has 0 saturated heterocycles. The summed E-state index contributed by atoms with van der Waals surface area (Å²) in [6, 6.07) is 14.1. The second kappa shape index (κ2) is 6.84. The smallest absolute Gasteiger partial charge is 0.257 e. The summed E-state index contributed by atoms with van der Waals surface area (Å²) in [6.07, 6.45) is 5.23. The first kappa shape index (κ1) is 17.2. The second-order valence-corrected chi connectivity index (χ2v) is 7.18. The summed E-state index contributed by atoms with van der Waals surface area (Å²) in [5, 5.41) is 0. The molecular weight excluding hydrogens is 329 g/mol. The largest absolute Gasteiger partial charge is 0.344 e. The maximum absolute atomic E-state index is 13.6. The van der Waals surface area contributed by atoms with Crippen molar-refractivity contribution >= 4 is 5.91 Å². The molecule has 0 N–H and O–H groups in total. The van der Waals surface area contributed by atoms with Crippen LogP contribution in [0.1, 0.15) is 60.5 Å². The molecule has 1 aliphatic carbocycles. The van der Waals surface area contributed by atoms with E-state index >= 15 is 0 Å². The van der Waals surface area contributed by atoms with Crippen LogP contribution in [0.4, 0.5) is 4.39 Å². The van der Waals surface area contributed by atoms with Crippen molar-refractivity contribution in [2.45, 2.75) is 50.9 Å². The molecule has 1 fully saturated rings. The molecule has 1 saturated carbocycles. The first-order valence-electron chi connectivity index (χ1n) is 9.52. The topological polar surface area (TPSA) is 29.5 Å². The molecule has 4 heteroatoms. The van der Waals surface area contributed by atoms with Crippen LogP contribution in [-0.2, 0) is 10.5 Å². The van der Waals surface area contributed by atoms with Crippen molar-refractivity contribution in [2.24, 2.45) is 0 Å². The molecule has 0 bridgehead atoms. The number of halogens is 1. The Kier molecular flexibility index (Phi) is 4.53. The molecular formula is C22H24FNO2. The van der Waals surface area contributed by atoms with E-state index in [1.165, 1.54) is 12.1 Å². The third-order valence-corrected chi connectivity index (χ3v) is 5.47. The SMILES string of the molecule is CCCN1C(=O)c2ccccc2C1(OC1CCCC1)c1ccc(F)cc1. The number of hydrogen-bond acceptors (Lipinski definition) is 2. The summed E-state index contributed by atoms with van der Waals surface area (Å²) in [4.78, 5) is 15.0. The van der Waals surface area contributed by atoms with Gasteiger partial charge in [-0.15, -0.1) is 0 Å². The van der Waals surface area contributed by atoms with Crippen molar-refractivity contribution in [3.05, 3.63) is 71.0 Å². The third-order valence-electron chi connectivity index (χ3n) is 5.47. The predicted octanol–water partition coefficient (Wildman–Crippen LogP) is 4.85. The van der Waals surface area contributed by atoms with Gasteiger partial charge in [-0.3, -0.25) is 4.79 Å². The average molecular weight is 353 g/mol. The molecule has 4 rings (SSSR count). The molecule has 1 aliphatic heterocycles. The summed E-state index contributed by atoms with van der Waals surface area (Å²) in [7, 11) is 0. The quantitative estimate of drug-likeness (QED) is 0.769. The van der Waals surface area contributed by atoms with Crippen LogP contribution < -0.4 is 0 Å². The lowest BCUT2D eigenvalue weighted by atomic mass is 9.93. The lowest BCUT2D eigenvalue weighted by Gasteiger charge is -2.41. The summed E-state index contributed by atoms with van der Waals surface area (Å²) in [6.45, 7) is 2.65. The van der Waals surface area contributed by atoms with Gasteiger partial charge in [0, 0.05) is 23.2 Å². The van der Waals surface area contributed by atoms with Gasteiger partial charge in [0.2, 0.25) is 0 Å². The number of nitrogens with zero attached hydrogens (tertiary/aromatic N) is 1. The zero-order valence-corrected chi connectivity index (χ0v) is 15.1. The minimum Gasteiger partial charge on any atom is -0.344 e. The van der Waals surface area contributed by atoms with Gasteiger partial charge in [-0.05, 0) is 37.5 Å². The van der Waals surface area contributed by atoms with Gasteiger partial charge in [0.15, 0.2) is 5.72 Å². The Hall–Kier alpha value is -2.20. The van der Waals surface area contributed by atoms with Crippen LogP contribution in [-0.4, -0.2) is 23.5 Å².